The molecule has 0 radical (unpaired) electrons. The third-order valence-electron chi connectivity index (χ3n) is 2.98. The summed E-state index contributed by atoms with van der Waals surface area (Å²) in [5.74, 6) is -1.31. The summed E-state index contributed by atoms with van der Waals surface area (Å²) < 4.78 is 5.20. The SMILES string of the molecule is CNC(=O)C1COCCN1C(=O)NC(C)(C)CC(=O)O. The molecule has 1 atom stereocenters. The Morgan fingerprint density at radius 2 is 2.05 bits per heavy atom. The van der Waals surface area contributed by atoms with Gasteiger partial charge in [-0.25, -0.2) is 4.79 Å². The Kier molecular flexibility index (Phi) is 5.32. The summed E-state index contributed by atoms with van der Waals surface area (Å²) in [5.41, 5.74) is -0.894. The Labute approximate surface area is 117 Å². The number of nitrogens with zero attached hydrogens (tertiary/aromatic N) is 1. The maximum atomic E-state index is 12.2. The fourth-order valence-electron chi connectivity index (χ4n) is 2.01. The minimum atomic E-state index is -1.000. The summed E-state index contributed by atoms with van der Waals surface area (Å²) >= 11 is 0. The highest BCUT2D eigenvalue weighted by molar-refractivity contribution is 5.87. The molecule has 1 unspecified atom stereocenters. The highest BCUT2D eigenvalue weighted by Gasteiger charge is 2.35. The molecular weight excluding hydrogens is 266 g/mol. The van der Waals surface area contributed by atoms with Crippen molar-refractivity contribution in [3.8, 4) is 0 Å². The van der Waals surface area contributed by atoms with Crippen molar-refractivity contribution >= 4 is 17.9 Å². The minimum absolute atomic E-state index is 0.131. The highest BCUT2D eigenvalue weighted by Crippen LogP contribution is 2.12. The number of likely N-dealkylation sites (N-methyl/N-ethyl adjacent to an activating group) is 1. The molecule has 114 valence electrons. The molecule has 1 aliphatic heterocycles. The van der Waals surface area contributed by atoms with Gasteiger partial charge in [0.05, 0.1) is 19.6 Å². The standard InChI is InChI=1S/C12H21N3O5/c1-12(2,6-9(16)17)14-11(19)15-4-5-20-7-8(15)10(18)13-3/h8H,4-7H2,1-3H3,(H,13,18)(H,14,19)(H,16,17). The van der Waals surface area contributed by atoms with Crippen LogP contribution >= 0.6 is 0 Å². The van der Waals surface area contributed by atoms with Gasteiger partial charge < -0.3 is 25.4 Å². The van der Waals surface area contributed by atoms with Crippen LogP contribution in [0.15, 0.2) is 0 Å². The van der Waals surface area contributed by atoms with E-state index in [0.717, 1.165) is 0 Å². The molecule has 1 heterocycles. The number of amides is 3. The fourth-order valence-corrected chi connectivity index (χ4v) is 2.01. The number of aliphatic carboxylic acids is 1. The van der Waals surface area contributed by atoms with Gasteiger partial charge in [-0.2, -0.15) is 0 Å². The van der Waals surface area contributed by atoms with Gasteiger partial charge in [0.25, 0.3) is 0 Å². The van der Waals surface area contributed by atoms with Gasteiger partial charge in [0, 0.05) is 19.1 Å². The number of carboxylic acid groups (broad SMARTS) is 1. The van der Waals surface area contributed by atoms with Crippen LogP contribution in [-0.2, 0) is 14.3 Å². The van der Waals surface area contributed by atoms with Crippen molar-refractivity contribution in [1.29, 1.82) is 0 Å². The summed E-state index contributed by atoms with van der Waals surface area (Å²) in [6, 6.07) is -1.16. The van der Waals surface area contributed by atoms with Crippen LogP contribution in [0.25, 0.3) is 0 Å². The van der Waals surface area contributed by atoms with Gasteiger partial charge in [0.1, 0.15) is 6.04 Å². The third-order valence-corrected chi connectivity index (χ3v) is 2.98. The number of ether oxygens (including phenoxy) is 1. The second kappa shape index (κ2) is 6.56. The normalized spacial score (nSPS) is 19.4. The molecule has 8 heteroatoms. The first-order valence-corrected chi connectivity index (χ1v) is 6.37. The average Bonchev–Trinajstić information content (AvgIpc) is 2.35. The van der Waals surface area contributed by atoms with Gasteiger partial charge in [-0.05, 0) is 13.8 Å². The molecule has 1 rings (SSSR count). The van der Waals surface area contributed by atoms with Gasteiger partial charge in [-0.1, -0.05) is 0 Å². The summed E-state index contributed by atoms with van der Waals surface area (Å²) in [4.78, 5) is 36.0. The molecule has 0 spiro atoms. The maximum absolute atomic E-state index is 12.2. The number of carboxylic acids is 1. The number of hydrogen-bond acceptors (Lipinski definition) is 4. The predicted octanol–water partition coefficient (Wildman–Crippen LogP) is -0.604. The van der Waals surface area contributed by atoms with E-state index in [4.69, 9.17) is 9.84 Å². The van der Waals surface area contributed by atoms with Gasteiger partial charge in [-0.15, -0.1) is 0 Å². The second-order valence-electron chi connectivity index (χ2n) is 5.28. The molecule has 0 aromatic rings. The van der Waals surface area contributed by atoms with Crippen LogP contribution in [0.4, 0.5) is 4.79 Å². The summed E-state index contributed by atoms with van der Waals surface area (Å²) in [7, 11) is 1.49. The number of urea groups is 1. The van der Waals surface area contributed by atoms with E-state index in [0.29, 0.717) is 6.61 Å². The Morgan fingerprint density at radius 1 is 1.40 bits per heavy atom. The molecule has 1 aliphatic rings. The first kappa shape index (κ1) is 16.2. The molecule has 0 saturated carbocycles. The zero-order valence-electron chi connectivity index (χ0n) is 11.9. The molecule has 3 amide bonds. The smallest absolute Gasteiger partial charge is 0.318 e. The second-order valence-corrected chi connectivity index (χ2v) is 5.28. The molecule has 0 aromatic heterocycles. The number of nitrogens with one attached hydrogen (secondary N) is 2. The zero-order chi connectivity index (χ0) is 15.3. The van der Waals surface area contributed by atoms with E-state index in [1.54, 1.807) is 13.8 Å². The number of carbonyl (C=O) groups excluding carboxylic acids is 2. The first-order valence-electron chi connectivity index (χ1n) is 6.37. The lowest BCUT2D eigenvalue weighted by Gasteiger charge is -2.36. The van der Waals surface area contributed by atoms with Gasteiger partial charge >= 0.3 is 12.0 Å². The van der Waals surface area contributed by atoms with E-state index >= 15 is 0 Å². The highest BCUT2D eigenvalue weighted by atomic mass is 16.5. The Bertz CT molecular complexity index is 397. The van der Waals surface area contributed by atoms with Crippen LogP contribution < -0.4 is 10.6 Å². The monoisotopic (exact) mass is 287 g/mol. The van der Waals surface area contributed by atoms with Crippen molar-refractivity contribution < 1.29 is 24.2 Å². The average molecular weight is 287 g/mol. The van der Waals surface area contributed by atoms with Crippen LogP contribution in [0.1, 0.15) is 20.3 Å². The van der Waals surface area contributed by atoms with Crippen LogP contribution in [0.3, 0.4) is 0 Å². The topological polar surface area (TPSA) is 108 Å². The van der Waals surface area contributed by atoms with Crippen LogP contribution in [0.5, 0.6) is 0 Å². The first-order chi connectivity index (χ1) is 9.26. The summed E-state index contributed by atoms with van der Waals surface area (Å²) in [6.45, 7) is 4.00. The van der Waals surface area contributed by atoms with Crippen LogP contribution in [-0.4, -0.2) is 66.3 Å². The van der Waals surface area contributed by atoms with Gasteiger partial charge in [-0.3, -0.25) is 9.59 Å². The number of carbonyl (C=O) groups is 3. The van der Waals surface area contributed by atoms with Gasteiger partial charge in [0.2, 0.25) is 5.91 Å². The lowest BCUT2D eigenvalue weighted by atomic mass is 10.0. The third kappa shape index (κ3) is 4.37. The minimum Gasteiger partial charge on any atom is -0.481 e. The van der Waals surface area contributed by atoms with E-state index in [1.165, 1.54) is 11.9 Å². The van der Waals surface area contributed by atoms with Crippen molar-refractivity contribution in [2.24, 2.45) is 0 Å². The Morgan fingerprint density at radius 3 is 2.60 bits per heavy atom. The Balaban J connectivity index is 2.73. The van der Waals surface area contributed by atoms with Crippen molar-refractivity contribution in [3.63, 3.8) is 0 Å². The molecule has 1 saturated heterocycles. The fraction of sp³-hybridized carbons (Fsp3) is 0.750. The lowest BCUT2D eigenvalue weighted by molar-refractivity contribution is -0.138. The van der Waals surface area contributed by atoms with Gasteiger partial charge in [0.15, 0.2) is 0 Å². The number of rotatable bonds is 4. The predicted molar refractivity (Wildman–Crippen MR) is 70.2 cm³/mol. The molecule has 0 aliphatic carbocycles. The Hall–Kier alpha value is -1.83. The van der Waals surface area contributed by atoms with Crippen molar-refractivity contribution in [1.82, 2.24) is 15.5 Å². The largest absolute Gasteiger partial charge is 0.481 e. The molecule has 3 N–H and O–H groups in total. The summed E-state index contributed by atoms with van der Waals surface area (Å²) in [6.07, 6.45) is -0.201. The zero-order valence-corrected chi connectivity index (χ0v) is 11.9. The van der Waals surface area contributed by atoms with E-state index < -0.39 is 23.6 Å². The van der Waals surface area contributed by atoms with E-state index in [2.05, 4.69) is 10.6 Å². The number of hydrogen-bond donors (Lipinski definition) is 3. The van der Waals surface area contributed by atoms with Crippen LogP contribution in [0.2, 0.25) is 0 Å². The van der Waals surface area contributed by atoms with Crippen molar-refractivity contribution in [2.45, 2.75) is 31.8 Å². The molecule has 1 fully saturated rings. The molecular formula is C12H21N3O5. The molecule has 0 aromatic carbocycles. The van der Waals surface area contributed by atoms with E-state index in [-0.39, 0.29) is 25.5 Å². The quantitative estimate of drug-likeness (QED) is 0.639. The van der Waals surface area contributed by atoms with Crippen molar-refractivity contribution in [3.05, 3.63) is 0 Å². The van der Waals surface area contributed by atoms with Crippen LogP contribution in [0, 0.1) is 0 Å². The van der Waals surface area contributed by atoms with Crippen molar-refractivity contribution in [2.75, 3.05) is 26.8 Å². The lowest BCUT2D eigenvalue weighted by Crippen LogP contribution is -2.60. The molecule has 0 bridgehead atoms. The summed E-state index contributed by atoms with van der Waals surface area (Å²) in [5, 5.41) is 13.9. The van der Waals surface area contributed by atoms with E-state index in [9.17, 15) is 14.4 Å². The molecule has 20 heavy (non-hydrogen) atoms. The number of morpholine rings is 1. The van der Waals surface area contributed by atoms with E-state index in [1.807, 2.05) is 0 Å². The molecule has 8 nitrogen and oxygen atoms in total. The maximum Gasteiger partial charge on any atom is 0.318 e.